The normalized spacial score (nSPS) is 11.0. The third kappa shape index (κ3) is 3.11. The number of aromatic nitrogens is 3. The van der Waals surface area contributed by atoms with E-state index in [1.165, 1.54) is 6.20 Å². The molecule has 0 unspecified atom stereocenters. The second kappa shape index (κ2) is 5.41. The number of halogens is 4. The molecule has 10 heteroatoms. The average molecular weight is 316 g/mol. The molecule has 0 aliphatic heterocycles. The Morgan fingerprint density at radius 3 is 2.71 bits per heavy atom. The molecule has 2 aromatic rings. The predicted octanol–water partition coefficient (Wildman–Crippen LogP) is 2.60. The molecular weight excluding hydrogens is 311 g/mol. The summed E-state index contributed by atoms with van der Waals surface area (Å²) in [4.78, 5) is 15.0. The van der Waals surface area contributed by atoms with Crippen LogP contribution in [-0.2, 0) is 6.18 Å². The fraction of sp³-hybridized carbons (Fsp3) is 0.0909. The van der Waals surface area contributed by atoms with Crippen LogP contribution in [0.25, 0.3) is 0 Å². The number of alkyl halides is 3. The topological polar surface area (TPSA) is 94.5 Å². The summed E-state index contributed by atoms with van der Waals surface area (Å²) in [5.41, 5.74) is -1.40. The van der Waals surface area contributed by atoms with Crippen molar-refractivity contribution in [2.45, 2.75) is 6.18 Å². The van der Waals surface area contributed by atoms with E-state index in [1.54, 1.807) is 6.07 Å². The number of H-pyrrole nitrogens is 1. The standard InChI is InChI=1S/C11H5ClF3N5O/c12-8-6(1-2-7(18-8)11(13,14)15)10(21)19-9-5(3-16)4-17-20-9/h1-2,4H,(H2,17,19,20,21). The van der Waals surface area contributed by atoms with E-state index in [0.29, 0.717) is 6.07 Å². The van der Waals surface area contributed by atoms with E-state index in [2.05, 4.69) is 20.5 Å². The summed E-state index contributed by atoms with van der Waals surface area (Å²) >= 11 is 5.58. The number of amides is 1. The lowest BCUT2D eigenvalue weighted by molar-refractivity contribution is -0.141. The molecule has 1 amide bonds. The van der Waals surface area contributed by atoms with Crippen molar-refractivity contribution in [1.82, 2.24) is 15.2 Å². The number of nitrogens with zero attached hydrogens (tertiary/aromatic N) is 3. The summed E-state index contributed by atoms with van der Waals surface area (Å²) in [6.45, 7) is 0. The van der Waals surface area contributed by atoms with Crippen LogP contribution in [0.5, 0.6) is 0 Å². The van der Waals surface area contributed by atoms with Crippen molar-refractivity contribution in [1.29, 1.82) is 5.26 Å². The summed E-state index contributed by atoms with van der Waals surface area (Å²) in [6.07, 6.45) is -3.47. The summed E-state index contributed by atoms with van der Waals surface area (Å²) < 4.78 is 37.3. The maximum absolute atomic E-state index is 12.4. The molecule has 0 aliphatic carbocycles. The van der Waals surface area contributed by atoms with E-state index < -0.39 is 22.9 Å². The van der Waals surface area contributed by atoms with Gasteiger partial charge in [0.05, 0.1) is 11.8 Å². The van der Waals surface area contributed by atoms with Gasteiger partial charge in [-0.15, -0.1) is 0 Å². The van der Waals surface area contributed by atoms with Crippen molar-refractivity contribution in [3.05, 3.63) is 40.3 Å². The molecule has 0 saturated carbocycles. The van der Waals surface area contributed by atoms with E-state index >= 15 is 0 Å². The molecule has 0 aromatic carbocycles. The molecule has 0 saturated heterocycles. The molecule has 0 spiro atoms. The molecule has 0 atom stereocenters. The maximum Gasteiger partial charge on any atom is 0.433 e. The van der Waals surface area contributed by atoms with Crippen molar-refractivity contribution < 1.29 is 18.0 Å². The molecule has 2 heterocycles. The van der Waals surface area contributed by atoms with Crippen LogP contribution in [0.1, 0.15) is 21.6 Å². The molecule has 6 nitrogen and oxygen atoms in total. The van der Waals surface area contributed by atoms with Crippen molar-refractivity contribution in [2.24, 2.45) is 0 Å². The quantitative estimate of drug-likeness (QED) is 0.833. The SMILES string of the molecule is N#Cc1cn[nH]c1NC(=O)c1ccc(C(F)(F)F)nc1Cl. The second-order valence-corrected chi connectivity index (χ2v) is 4.12. The van der Waals surface area contributed by atoms with Gasteiger partial charge in [0.2, 0.25) is 0 Å². The Balaban J connectivity index is 2.27. The zero-order valence-corrected chi connectivity index (χ0v) is 10.7. The van der Waals surface area contributed by atoms with Gasteiger partial charge in [-0.3, -0.25) is 9.89 Å². The van der Waals surface area contributed by atoms with E-state index in [1.807, 2.05) is 0 Å². The number of carbonyl (C=O) groups excluding carboxylic acids is 1. The summed E-state index contributed by atoms with van der Waals surface area (Å²) in [5, 5.41) is 16.3. The molecule has 108 valence electrons. The third-order valence-corrected chi connectivity index (χ3v) is 2.67. The molecule has 0 radical (unpaired) electrons. The Hall–Kier alpha value is -2.60. The minimum Gasteiger partial charge on any atom is -0.306 e. The monoisotopic (exact) mass is 315 g/mol. The van der Waals surface area contributed by atoms with Gasteiger partial charge in [0, 0.05) is 0 Å². The predicted molar refractivity (Wildman–Crippen MR) is 65.5 cm³/mol. The van der Waals surface area contributed by atoms with E-state index in [9.17, 15) is 18.0 Å². The Labute approximate surface area is 120 Å². The highest BCUT2D eigenvalue weighted by atomic mass is 35.5. The number of nitrogens with one attached hydrogen (secondary N) is 2. The molecule has 21 heavy (non-hydrogen) atoms. The first-order valence-electron chi connectivity index (χ1n) is 5.31. The molecule has 2 rings (SSSR count). The Kier molecular flexibility index (Phi) is 3.82. The van der Waals surface area contributed by atoms with Crippen molar-refractivity contribution >= 4 is 23.3 Å². The van der Waals surface area contributed by atoms with Gasteiger partial charge in [-0.2, -0.15) is 23.5 Å². The summed E-state index contributed by atoms with van der Waals surface area (Å²) in [5.74, 6) is -0.805. The number of hydrogen-bond acceptors (Lipinski definition) is 4. The van der Waals surface area contributed by atoms with Gasteiger partial charge in [0.1, 0.15) is 28.3 Å². The van der Waals surface area contributed by atoms with Crippen LogP contribution in [0.4, 0.5) is 19.0 Å². The average Bonchev–Trinajstić information content (AvgIpc) is 2.84. The van der Waals surface area contributed by atoms with E-state index in [-0.39, 0.29) is 16.9 Å². The second-order valence-electron chi connectivity index (χ2n) is 3.76. The van der Waals surface area contributed by atoms with Crippen molar-refractivity contribution in [2.75, 3.05) is 5.32 Å². The molecule has 0 fully saturated rings. The highest BCUT2D eigenvalue weighted by Crippen LogP contribution is 2.29. The Morgan fingerprint density at radius 2 is 2.14 bits per heavy atom. The van der Waals surface area contributed by atoms with E-state index in [4.69, 9.17) is 16.9 Å². The zero-order chi connectivity index (χ0) is 15.6. The van der Waals surface area contributed by atoms with Crippen molar-refractivity contribution in [3.63, 3.8) is 0 Å². The first-order valence-corrected chi connectivity index (χ1v) is 5.69. The number of anilines is 1. The fourth-order valence-electron chi connectivity index (χ4n) is 1.41. The largest absolute Gasteiger partial charge is 0.433 e. The molecule has 2 aromatic heterocycles. The lowest BCUT2D eigenvalue weighted by atomic mass is 10.2. The van der Waals surface area contributed by atoms with Gasteiger partial charge < -0.3 is 5.32 Å². The first-order chi connectivity index (χ1) is 9.82. The fourth-order valence-corrected chi connectivity index (χ4v) is 1.65. The number of aromatic amines is 1. The van der Waals surface area contributed by atoms with Crippen LogP contribution >= 0.6 is 11.6 Å². The summed E-state index contributed by atoms with van der Waals surface area (Å²) in [7, 11) is 0. The number of rotatable bonds is 2. The smallest absolute Gasteiger partial charge is 0.306 e. The Morgan fingerprint density at radius 1 is 1.43 bits per heavy atom. The number of hydrogen-bond donors (Lipinski definition) is 2. The lowest BCUT2D eigenvalue weighted by Gasteiger charge is -2.08. The van der Waals surface area contributed by atoms with Crippen LogP contribution in [0.15, 0.2) is 18.3 Å². The van der Waals surface area contributed by atoms with E-state index in [0.717, 1.165) is 6.07 Å². The first kappa shape index (κ1) is 14.8. The van der Waals surface area contributed by atoms with Crippen LogP contribution in [0.3, 0.4) is 0 Å². The number of pyridine rings is 1. The van der Waals surface area contributed by atoms with Crippen LogP contribution in [0.2, 0.25) is 5.15 Å². The molecular formula is C11H5ClF3N5O. The zero-order valence-electron chi connectivity index (χ0n) is 9.99. The van der Waals surface area contributed by atoms with Gasteiger partial charge in [-0.25, -0.2) is 4.98 Å². The third-order valence-electron chi connectivity index (χ3n) is 2.38. The number of carbonyl (C=O) groups is 1. The summed E-state index contributed by atoms with van der Waals surface area (Å²) in [6, 6.07) is 3.31. The molecule has 0 bridgehead atoms. The maximum atomic E-state index is 12.4. The molecule has 2 N–H and O–H groups in total. The number of nitriles is 1. The van der Waals surface area contributed by atoms with Gasteiger partial charge in [0.15, 0.2) is 0 Å². The van der Waals surface area contributed by atoms with Gasteiger partial charge in [0.25, 0.3) is 5.91 Å². The van der Waals surface area contributed by atoms with Gasteiger partial charge in [-0.05, 0) is 12.1 Å². The lowest BCUT2D eigenvalue weighted by Crippen LogP contribution is -2.16. The van der Waals surface area contributed by atoms with Crippen LogP contribution in [0, 0.1) is 11.3 Å². The minimum absolute atomic E-state index is 0.0125. The van der Waals surface area contributed by atoms with Gasteiger partial charge in [-0.1, -0.05) is 11.6 Å². The highest BCUT2D eigenvalue weighted by molar-refractivity contribution is 6.33. The van der Waals surface area contributed by atoms with Crippen molar-refractivity contribution in [3.8, 4) is 6.07 Å². The molecule has 0 aliphatic rings. The highest BCUT2D eigenvalue weighted by Gasteiger charge is 2.33. The minimum atomic E-state index is -4.66. The van der Waals surface area contributed by atoms with Crippen LogP contribution in [-0.4, -0.2) is 21.1 Å². The van der Waals surface area contributed by atoms with Crippen LogP contribution < -0.4 is 5.32 Å². The van der Waals surface area contributed by atoms with Gasteiger partial charge >= 0.3 is 6.18 Å². The Bertz CT molecular complexity index is 734.